The highest BCUT2D eigenvalue weighted by molar-refractivity contribution is 5.79. The minimum absolute atomic E-state index is 0.0581. The van der Waals surface area contributed by atoms with E-state index < -0.39 is 135 Å². The number of ether oxygens (including phenoxy) is 6. The van der Waals surface area contributed by atoms with Gasteiger partial charge >= 0.3 is 5.97 Å². The number of aliphatic hydroxyl groups excluding tert-OH is 11. The minimum atomic E-state index is -1.79. The molecule has 3 saturated heterocycles. The number of aliphatic hydroxyl groups is 11. The number of hydrogen-bond donors (Lipinski definition) is 11. The summed E-state index contributed by atoms with van der Waals surface area (Å²) < 4.78 is 35.7. The molecule has 5 aliphatic carbocycles. The van der Waals surface area contributed by atoms with Crippen LogP contribution in [0.1, 0.15) is 113 Å². The molecular formula is C48H78O18. The van der Waals surface area contributed by atoms with E-state index in [0.29, 0.717) is 19.3 Å². The summed E-state index contributed by atoms with van der Waals surface area (Å²) in [5, 5.41) is 116. The van der Waals surface area contributed by atoms with E-state index in [0.717, 1.165) is 44.9 Å². The number of allylic oxidation sites excluding steroid dienone is 2. The lowest BCUT2D eigenvalue weighted by atomic mass is 9.33. The molecule has 3 aliphatic heterocycles. The molecule has 18 heteroatoms. The first-order valence-corrected chi connectivity index (χ1v) is 24.3. The normalized spacial score (nSPS) is 53.3. The Kier molecular flexibility index (Phi) is 13.9. The Morgan fingerprint density at radius 3 is 1.76 bits per heavy atom. The SMILES string of the molecule is CC1(C)CC[C@]2(C(=O)O[C@H]3O[C@H](CO)[C@@H](O)[C@H](O)[C@H]3O)CC[C@]3(C)C(=CC[C@@H]4[C@@]5(C)CC[C@H](O[C@@H]6O[C@H](CO)[C@@H](O)[C@H](O[C@@H]7O[C@H](CO)[C@@H](O)[C@H](O)[C@H]7O)[C@H]6O)C(C)(C)[C@@H]5CC[C@]43C)[C@H]2C1. The van der Waals surface area contributed by atoms with Crippen molar-refractivity contribution in [1.82, 2.24) is 0 Å². The van der Waals surface area contributed by atoms with Crippen LogP contribution in [0.4, 0.5) is 0 Å². The third kappa shape index (κ3) is 7.87. The molecule has 7 fully saturated rings. The van der Waals surface area contributed by atoms with Gasteiger partial charge in [0.25, 0.3) is 0 Å². The van der Waals surface area contributed by atoms with E-state index in [2.05, 4.69) is 54.5 Å². The van der Waals surface area contributed by atoms with Gasteiger partial charge in [-0.05, 0) is 109 Å². The van der Waals surface area contributed by atoms with Crippen LogP contribution < -0.4 is 0 Å². The van der Waals surface area contributed by atoms with Gasteiger partial charge in [0.1, 0.15) is 73.2 Å². The molecule has 18 nitrogen and oxygen atoms in total. The minimum Gasteiger partial charge on any atom is -0.432 e. The van der Waals surface area contributed by atoms with Gasteiger partial charge < -0.3 is 84.6 Å². The molecule has 3 heterocycles. The van der Waals surface area contributed by atoms with Crippen LogP contribution in [0.25, 0.3) is 0 Å². The summed E-state index contributed by atoms with van der Waals surface area (Å²) in [6, 6.07) is 0. The average molecular weight is 943 g/mol. The van der Waals surface area contributed by atoms with Crippen molar-refractivity contribution < 1.29 is 89.4 Å². The lowest BCUT2D eigenvalue weighted by Crippen LogP contribution is -2.67. The summed E-state index contributed by atoms with van der Waals surface area (Å²) in [7, 11) is 0. The molecule has 23 atom stereocenters. The molecule has 11 N–H and O–H groups in total. The maximum atomic E-state index is 14.7. The number of esters is 1. The third-order valence-corrected chi connectivity index (χ3v) is 19.3. The van der Waals surface area contributed by atoms with E-state index in [-0.39, 0.29) is 39.4 Å². The second-order valence-corrected chi connectivity index (χ2v) is 23.5. The maximum absolute atomic E-state index is 14.7. The smallest absolute Gasteiger partial charge is 0.315 e. The van der Waals surface area contributed by atoms with Crippen molar-refractivity contribution in [3.8, 4) is 0 Å². The van der Waals surface area contributed by atoms with Crippen molar-refractivity contribution in [3.05, 3.63) is 11.6 Å². The monoisotopic (exact) mass is 943 g/mol. The number of rotatable bonds is 9. The third-order valence-electron chi connectivity index (χ3n) is 19.3. The molecule has 8 aliphatic rings. The summed E-state index contributed by atoms with van der Waals surface area (Å²) in [4.78, 5) is 14.7. The summed E-state index contributed by atoms with van der Waals surface area (Å²) in [5.41, 5.74) is -0.674. The zero-order valence-electron chi connectivity index (χ0n) is 39.5. The Balaban J connectivity index is 1.02. The number of carbonyl (C=O) groups excluding carboxylic acids is 1. The van der Waals surface area contributed by atoms with Crippen LogP contribution in [-0.4, -0.2) is 180 Å². The molecule has 0 radical (unpaired) electrons. The zero-order valence-corrected chi connectivity index (χ0v) is 39.5. The summed E-state index contributed by atoms with van der Waals surface area (Å²) in [6.07, 6.45) is -13.7. The van der Waals surface area contributed by atoms with Crippen molar-refractivity contribution in [3.63, 3.8) is 0 Å². The molecule has 4 saturated carbocycles. The van der Waals surface area contributed by atoms with E-state index in [4.69, 9.17) is 28.4 Å². The van der Waals surface area contributed by atoms with Crippen LogP contribution in [0, 0.1) is 50.2 Å². The van der Waals surface area contributed by atoms with Crippen molar-refractivity contribution in [2.24, 2.45) is 50.2 Å². The molecular weight excluding hydrogens is 865 g/mol. The molecule has 378 valence electrons. The van der Waals surface area contributed by atoms with Gasteiger partial charge in [0.2, 0.25) is 6.29 Å². The fourth-order valence-corrected chi connectivity index (χ4v) is 15.0. The molecule has 66 heavy (non-hydrogen) atoms. The first-order valence-electron chi connectivity index (χ1n) is 24.3. The van der Waals surface area contributed by atoms with E-state index in [1.165, 1.54) is 5.57 Å². The molecule has 0 amide bonds. The largest absolute Gasteiger partial charge is 0.432 e. The molecule has 8 rings (SSSR count). The van der Waals surface area contributed by atoms with Gasteiger partial charge in [0.15, 0.2) is 12.6 Å². The van der Waals surface area contributed by atoms with Crippen molar-refractivity contribution in [1.29, 1.82) is 0 Å². The second-order valence-electron chi connectivity index (χ2n) is 23.5. The van der Waals surface area contributed by atoms with Crippen LogP contribution in [0.2, 0.25) is 0 Å². The molecule has 0 aromatic carbocycles. The Bertz CT molecular complexity index is 1790. The fourth-order valence-electron chi connectivity index (χ4n) is 15.0. The number of hydrogen-bond acceptors (Lipinski definition) is 18. The first kappa shape index (κ1) is 50.9. The van der Waals surface area contributed by atoms with Gasteiger partial charge in [-0.2, -0.15) is 0 Å². The van der Waals surface area contributed by atoms with Crippen LogP contribution in [-0.2, 0) is 33.2 Å². The predicted molar refractivity (Wildman–Crippen MR) is 230 cm³/mol. The Morgan fingerprint density at radius 2 is 1.15 bits per heavy atom. The number of carbonyl (C=O) groups is 1. The lowest BCUT2D eigenvalue weighted by molar-refractivity contribution is -0.369. The summed E-state index contributed by atoms with van der Waals surface area (Å²) in [5.74, 6) is -0.189. The quantitative estimate of drug-likeness (QED) is 0.0833. The highest BCUT2D eigenvalue weighted by Gasteiger charge is 2.70. The average Bonchev–Trinajstić information content (AvgIpc) is 3.26. The van der Waals surface area contributed by atoms with Gasteiger partial charge in [0.05, 0.1) is 31.3 Å². The lowest BCUT2D eigenvalue weighted by Gasteiger charge is -2.71. The van der Waals surface area contributed by atoms with E-state index in [9.17, 15) is 61.0 Å². The van der Waals surface area contributed by atoms with E-state index in [1.807, 2.05) is 0 Å². The standard InChI is InChI=1S/C48H78O18/c1-43(2)14-16-48(42(60)66-40-36(58)34(56)31(53)25(20-50)62-40)17-15-46(6)22(23(48)18-43)8-9-28-45(5)12-11-29(44(3,4)27(45)10-13-47(28,46)7)64-41-37(59)38(32(54)26(21-51)63-41)65-39-35(57)33(55)30(52)24(19-49)61-39/h8,23-41,49-59H,9-21H2,1-7H3/t23-,24-,25-,26-,27+,28-,29+,30-,31-,32-,33+,34+,35-,36-,37-,38+,39+,40-,41+,45+,46-,47-,48+/m1/s1. The molecule has 0 aromatic heterocycles. The Hall–Kier alpha value is -1.43. The van der Waals surface area contributed by atoms with Crippen LogP contribution in [0.3, 0.4) is 0 Å². The van der Waals surface area contributed by atoms with Crippen molar-refractivity contribution in [2.45, 2.75) is 211 Å². The van der Waals surface area contributed by atoms with Gasteiger partial charge in [-0.25, -0.2) is 0 Å². The van der Waals surface area contributed by atoms with Crippen LogP contribution >= 0.6 is 0 Å². The van der Waals surface area contributed by atoms with Gasteiger partial charge in [-0.15, -0.1) is 0 Å². The Morgan fingerprint density at radius 1 is 0.606 bits per heavy atom. The number of fused-ring (bicyclic) bond motifs is 7. The highest BCUT2D eigenvalue weighted by atomic mass is 16.7. The van der Waals surface area contributed by atoms with Crippen LogP contribution in [0.15, 0.2) is 11.6 Å². The van der Waals surface area contributed by atoms with Crippen LogP contribution in [0.5, 0.6) is 0 Å². The highest BCUT2D eigenvalue weighted by Crippen LogP contribution is 2.76. The van der Waals surface area contributed by atoms with E-state index >= 15 is 0 Å². The molecule has 0 unspecified atom stereocenters. The summed E-state index contributed by atoms with van der Waals surface area (Å²) >= 11 is 0. The zero-order chi connectivity index (χ0) is 48.3. The predicted octanol–water partition coefficient (Wildman–Crippen LogP) is 0.141. The summed E-state index contributed by atoms with van der Waals surface area (Å²) in [6.45, 7) is 14.1. The molecule has 0 spiro atoms. The fraction of sp³-hybridized carbons (Fsp3) is 0.938. The maximum Gasteiger partial charge on any atom is 0.315 e. The molecule has 0 bridgehead atoms. The first-order chi connectivity index (χ1) is 30.9. The van der Waals surface area contributed by atoms with Crippen molar-refractivity contribution >= 4 is 5.97 Å². The van der Waals surface area contributed by atoms with Gasteiger partial charge in [0, 0.05) is 0 Å². The molecule has 0 aromatic rings. The van der Waals surface area contributed by atoms with E-state index in [1.54, 1.807) is 0 Å². The van der Waals surface area contributed by atoms with Crippen molar-refractivity contribution in [2.75, 3.05) is 19.8 Å². The second kappa shape index (κ2) is 18.0. The topological polar surface area (TPSA) is 295 Å². The van der Waals surface area contributed by atoms with Gasteiger partial charge in [-0.3, -0.25) is 4.79 Å². The van der Waals surface area contributed by atoms with Gasteiger partial charge in [-0.1, -0.05) is 60.1 Å². The Labute approximate surface area is 387 Å².